The van der Waals surface area contributed by atoms with E-state index in [1.165, 1.54) is 27.2 Å². The van der Waals surface area contributed by atoms with Crippen molar-refractivity contribution in [1.82, 2.24) is 9.78 Å². The van der Waals surface area contributed by atoms with Gasteiger partial charge in [0, 0.05) is 5.39 Å². The minimum absolute atomic E-state index is 0.979. The standard InChI is InChI=1S/C21H16N3/c1-15-8-2-6-12-19(15)24-14-23-20-13-7-5-10-17(20)16-9-3-4-11-18(16)21(23)22-24/h2-14H,1H3/q+1. The molecule has 0 N–H and O–H groups in total. The van der Waals surface area contributed by atoms with Crippen molar-refractivity contribution in [2.75, 3.05) is 0 Å². The molecule has 5 rings (SSSR count). The van der Waals surface area contributed by atoms with Crippen molar-refractivity contribution in [3.63, 3.8) is 0 Å². The molecule has 0 saturated heterocycles. The van der Waals surface area contributed by atoms with Gasteiger partial charge in [0.25, 0.3) is 0 Å². The molecular weight excluding hydrogens is 294 g/mol. The Balaban J connectivity index is 1.98. The van der Waals surface area contributed by atoms with Crippen molar-refractivity contribution < 1.29 is 4.40 Å². The molecule has 0 atom stereocenters. The topological polar surface area (TPSA) is 21.9 Å². The molecule has 114 valence electrons. The third kappa shape index (κ3) is 1.78. The predicted octanol–water partition coefficient (Wildman–Crippen LogP) is 4.23. The number of nitrogens with zero attached hydrogens (tertiary/aromatic N) is 3. The number of fused-ring (bicyclic) bond motifs is 6. The van der Waals surface area contributed by atoms with Crippen LogP contribution in [0.25, 0.3) is 33.0 Å². The molecular formula is C21H16N3+. The fraction of sp³-hybridized carbons (Fsp3) is 0.0476. The van der Waals surface area contributed by atoms with E-state index < -0.39 is 0 Å². The molecule has 0 fully saturated rings. The molecule has 0 aliphatic carbocycles. The van der Waals surface area contributed by atoms with Crippen LogP contribution in [0.3, 0.4) is 0 Å². The van der Waals surface area contributed by atoms with Gasteiger partial charge in [-0.2, -0.15) is 4.40 Å². The highest BCUT2D eigenvalue weighted by molar-refractivity contribution is 6.08. The lowest BCUT2D eigenvalue weighted by Crippen LogP contribution is -2.20. The van der Waals surface area contributed by atoms with Crippen LogP contribution in [0, 0.1) is 6.92 Å². The van der Waals surface area contributed by atoms with Crippen LogP contribution < -0.4 is 4.40 Å². The molecule has 2 aromatic heterocycles. The Labute approximate surface area is 139 Å². The first-order chi connectivity index (χ1) is 11.8. The first-order valence-electron chi connectivity index (χ1n) is 8.09. The number of pyridine rings is 1. The van der Waals surface area contributed by atoms with Gasteiger partial charge in [0.15, 0.2) is 0 Å². The van der Waals surface area contributed by atoms with E-state index in [0.717, 1.165) is 11.3 Å². The Kier molecular flexibility index (Phi) is 2.71. The Bertz CT molecular complexity index is 1150. The summed E-state index contributed by atoms with van der Waals surface area (Å²) < 4.78 is 4.16. The average molecular weight is 310 g/mol. The summed E-state index contributed by atoms with van der Waals surface area (Å²) in [5.74, 6) is 0. The van der Waals surface area contributed by atoms with E-state index in [0.29, 0.717) is 0 Å². The van der Waals surface area contributed by atoms with Crippen LogP contribution in [0.1, 0.15) is 5.56 Å². The number of aromatic nitrogens is 3. The number of aryl methyl sites for hydroxylation is 1. The zero-order valence-corrected chi connectivity index (χ0v) is 13.3. The molecule has 0 amide bonds. The van der Waals surface area contributed by atoms with Gasteiger partial charge in [0.1, 0.15) is 11.2 Å². The van der Waals surface area contributed by atoms with Crippen LogP contribution in [-0.4, -0.2) is 9.78 Å². The summed E-state index contributed by atoms with van der Waals surface area (Å²) in [4.78, 5) is 0. The monoisotopic (exact) mass is 310 g/mol. The van der Waals surface area contributed by atoms with Gasteiger partial charge in [-0.05, 0) is 36.1 Å². The maximum absolute atomic E-state index is 4.90. The molecule has 0 unspecified atom stereocenters. The molecule has 24 heavy (non-hydrogen) atoms. The van der Waals surface area contributed by atoms with Crippen LogP contribution in [0.15, 0.2) is 79.1 Å². The molecule has 2 heterocycles. The van der Waals surface area contributed by atoms with Gasteiger partial charge in [0.05, 0.1) is 10.5 Å². The largest absolute Gasteiger partial charge is 0.314 e. The van der Waals surface area contributed by atoms with Crippen molar-refractivity contribution in [3.8, 4) is 5.69 Å². The fourth-order valence-corrected chi connectivity index (χ4v) is 3.46. The molecule has 0 spiro atoms. The van der Waals surface area contributed by atoms with Gasteiger partial charge in [-0.25, -0.2) is 0 Å². The minimum Gasteiger partial charge on any atom is -0.195 e. The predicted molar refractivity (Wildman–Crippen MR) is 96.5 cm³/mol. The van der Waals surface area contributed by atoms with Gasteiger partial charge in [-0.3, -0.25) is 0 Å². The van der Waals surface area contributed by atoms with Crippen molar-refractivity contribution in [2.45, 2.75) is 6.92 Å². The summed E-state index contributed by atoms with van der Waals surface area (Å²) in [6.07, 6.45) is 2.08. The van der Waals surface area contributed by atoms with E-state index in [4.69, 9.17) is 5.10 Å². The smallest absolute Gasteiger partial charge is 0.195 e. The number of para-hydroxylation sites is 2. The lowest BCUT2D eigenvalue weighted by atomic mass is 10.1. The highest BCUT2D eigenvalue weighted by Gasteiger charge is 2.19. The quantitative estimate of drug-likeness (QED) is 0.335. The fourth-order valence-electron chi connectivity index (χ4n) is 3.46. The number of hydrogen-bond donors (Lipinski definition) is 0. The zero-order chi connectivity index (χ0) is 16.1. The van der Waals surface area contributed by atoms with Gasteiger partial charge >= 0.3 is 5.65 Å². The Morgan fingerprint density at radius 2 is 1.42 bits per heavy atom. The maximum atomic E-state index is 4.90. The summed E-state index contributed by atoms with van der Waals surface area (Å²) >= 11 is 0. The zero-order valence-electron chi connectivity index (χ0n) is 13.3. The van der Waals surface area contributed by atoms with Crippen molar-refractivity contribution in [3.05, 3.63) is 84.7 Å². The first-order valence-corrected chi connectivity index (χ1v) is 8.09. The van der Waals surface area contributed by atoms with Crippen LogP contribution in [0.2, 0.25) is 0 Å². The number of benzene rings is 3. The van der Waals surface area contributed by atoms with Crippen LogP contribution in [-0.2, 0) is 0 Å². The van der Waals surface area contributed by atoms with Crippen molar-refractivity contribution in [1.29, 1.82) is 0 Å². The second-order valence-corrected chi connectivity index (χ2v) is 6.10. The molecule has 0 radical (unpaired) electrons. The average Bonchev–Trinajstić information content (AvgIpc) is 3.08. The van der Waals surface area contributed by atoms with Crippen molar-refractivity contribution >= 4 is 27.3 Å². The molecule has 0 aliphatic rings. The third-order valence-corrected chi connectivity index (χ3v) is 4.64. The van der Waals surface area contributed by atoms with E-state index in [9.17, 15) is 0 Å². The molecule has 0 aliphatic heterocycles. The molecule has 3 aromatic carbocycles. The molecule has 3 nitrogen and oxygen atoms in total. The van der Waals surface area contributed by atoms with E-state index in [2.05, 4.69) is 90.4 Å². The van der Waals surface area contributed by atoms with Gasteiger partial charge in [0.2, 0.25) is 6.33 Å². The normalized spacial score (nSPS) is 11.5. The number of rotatable bonds is 1. The summed E-state index contributed by atoms with van der Waals surface area (Å²) in [6, 6.07) is 25.3. The first kappa shape index (κ1) is 13.3. The molecule has 0 saturated carbocycles. The molecule has 5 aromatic rings. The van der Waals surface area contributed by atoms with E-state index in [1.807, 2.05) is 4.68 Å². The van der Waals surface area contributed by atoms with E-state index in [-0.39, 0.29) is 0 Å². The van der Waals surface area contributed by atoms with Crippen molar-refractivity contribution in [2.24, 2.45) is 0 Å². The second kappa shape index (κ2) is 4.90. The lowest BCUT2D eigenvalue weighted by Gasteiger charge is -2.02. The number of hydrogen-bond acceptors (Lipinski definition) is 1. The van der Waals surface area contributed by atoms with Crippen LogP contribution in [0.4, 0.5) is 0 Å². The van der Waals surface area contributed by atoms with Gasteiger partial charge in [-0.1, -0.05) is 59.3 Å². The summed E-state index contributed by atoms with van der Waals surface area (Å²) in [5.41, 5.74) is 4.47. The summed E-state index contributed by atoms with van der Waals surface area (Å²) in [6.45, 7) is 2.11. The van der Waals surface area contributed by atoms with Crippen LogP contribution in [0.5, 0.6) is 0 Å². The minimum atomic E-state index is 0.979. The van der Waals surface area contributed by atoms with E-state index >= 15 is 0 Å². The summed E-state index contributed by atoms with van der Waals surface area (Å²) in [7, 11) is 0. The Morgan fingerprint density at radius 3 is 2.25 bits per heavy atom. The highest BCUT2D eigenvalue weighted by Crippen LogP contribution is 2.25. The third-order valence-electron chi connectivity index (χ3n) is 4.64. The molecule has 0 bridgehead atoms. The van der Waals surface area contributed by atoms with E-state index in [1.54, 1.807) is 0 Å². The maximum Gasteiger partial charge on any atom is 0.314 e. The summed E-state index contributed by atoms with van der Waals surface area (Å²) in [5, 5.41) is 8.56. The Hall–Kier alpha value is -3.20. The SMILES string of the molecule is Cc1ccccc1-n1c[n+]2c3ccccc3c3ccccc3c2n1. The van der Waals surface area contributed by atoms with Crippen LogP contribution >= 0.6 is 0 Å². The second-order valence-electron chi connectivity index (χ2n) is 6.10. The highest BCUT2D eigenvalue weighted by atomic mass is 15.3. The molecule has 3 heteroatoms. The Morgan fingerprint density at radius 1 is 0.750 bits per heavy atom. The van der Waals surface area contributed by atoms with Gasteiger partial charge < -0.3 is 0 Å². The lowest BCUT2D eigenvalue weighted by molar-refractivity contribution is -0.481. The van der Waals surface area contributed by atoms with Gasteiger partial charge in [-0.15, -0.1) is 0 Å².